The molecule has 14 heteroatoms. The number of rotatable bonds is 5. The van der Waals surface area contributed by atoms with Crippen molar-refractivity contribution < 1.29 is 29.0 Å². The molecule has 5 rings (SSSR count). The smallest absolute Gasteiger partial charge is 0.258 e. The molecule has 13 nitrogen and oxygen atoms in total. The first-order chi connectivity index (χ1) is 23.8. The first-order valence-electron chi connectivity index (χ1n) is 17.2. The number of likely N-dealkylation sites (tertiary alicyclic amines) is 1. The Kier molecular flexibility index (Phi) is 12.0. The Morgan fingerprint density at radius 3 is 2.46 bits per heavy atom. The highest BCUT2D eigenvalue weighted by Crippen LogP contribution is 2.37. The minimum Gasteiger partial charge on any atom is -0.484 e. The van der Waals surface area contributed by atoms with Gasteiger partial charge in [0.1, 0.15) is 23.9 Å². The molecule has 5 N–H and O–H groups in total. The number of carbonyl (C=O) groups is 4. The van der Waals surface area contributed by atoms with Gasteiger partial charge in [-0.15, -0.1) is 11.3 Å². The molecule has 1 saturated heterocycles. The van der Waals surface area contributed by atoms with Crippen molar-refractivity contribution in [3.05, 3.63) is 59.1 Å². The van der Waals surface area contributed by atoms with E-state index in [1.54, 1.807) is 30.5 Å². The van der Waals surface area contributed by atoms with Crippen LogP contribution in [0.25, 0.3) is 10.6 Å². The maximum absolute atomic E-state index is 13.8. The number of piperidine rings is 1. The van der Waals surface area contributed by atoms with E-state index in [1.807, 2.05) is 38.1 Å². The third kappa shape index (κ3) is 9.09. The van der Waals surface area contributed by atoms with Gasteiger partial charge < -0.3 is 30.7 Å². The topological polar surface area (TPSA) is 169 Å². The molecule has 1 spiro atoms. The Morgan fingerprint density at radius 2 is 1.78 bits per heavy atom. The number of nitrogens with zero attached hydrogens (tertiary/aromatic N) is 3. The molecule has 1 aromatic carbocycles. The highest BCUT2D eigenvalue weighted by Gasteiger charge is 2.38. The summed E-state index contributed by atoms with van der Waals surface area (Å²) >= 11 is 1.75. The van der Waals surface area contributed by atoms with Gasteiger partial charge >= 0.3 is 0 Å². The molecule has 0 unspecified atom stereocenters. The third-order valence-electron chi connectivity index (χ3n) is 9.83. The highest BCUT2D eigenvalue weighted by molar-refractivity contribution is 7.15. The molecule has 270 valence electrons. The summed E-state index contributed by atoms with van der Waals surface area (Å²) in [6.45, 7) is 9.23. The fourth-order valence-electron chi connectivity index (χ4n) is 6.53. The van der Waals surface area contributed by atoms with Gasteiger partial charge in [-0.2, -0.15) is 5.10 Å². The number of aliphatic hydroxyl groups excluding tert-OH is 1. The molecular formula is C36H49N7O6S. The molecule has 0 saturated carbocycles. The highest BCUT2D eigenvalue weighted by atomic mass is 32.1. The fourth-order valence-corrected chi connectivity index (χ4v) is 7.56. The minimum absolute atomic E-state index is 0.227. The van der Waals surface area contributed by atoms with Gasteiger partial charge in [-0.05, 0) is 93.4 Å². The van der Waals surface area contributed by atoms with Crippen molar-refractivity contribution in [1.29, 1.82) is 0 Å². The summed E-state index contributed by atoms with van der Waals surface area (Å²) in [4.78, 5) is 59.4. The Bertz CT molecular complexity index is 1630. The number of aliphatic hydroxyl groups is 1. The van der Waals surface area contributed by atoms with Crippen LogP contribution >= 0.6 is 11.3 Å². The molecule has 50 heavy (non-hydrogen) atoms. The van der Waals surface area contributed by atoms with Gasteiger partial charge in [-0.1, -0.05) is 26.0 Å². The van der Waals surface area contributed by atoms with E-state index in [9.17, 15) is 24.3 Å². The monoisotopic (exact) mass is 707 g/mol. The first kappa shape index (κ1) is 37.0. The summed E-state index contributed by atoms with van der Waals surface area (Å²) in [5.41, 5.74) is 1.74. The quantitative estimate of drug-likeness (QED) is 0.269. The number of carbonyl (C=O) groups excluding carboxylic acids is 4. The second-order valence-corrected chi connectivity index (χ2v) is 15.2. The average Bonchev–Trinajstić information content (AvgIpc) is 3.80. The predicted molar refractivity (Wildman–Crippen MR) is 190 cm³/mol. The molecular weight excluding hydrogens is 659 g/mol. The van der Waals surface area contributed by atoms with Gasteiger partial charge in [-0.25, -0.2) is 0 Å². The second kappa shape index (κ2) is 16.2. The van der Waals surface area contributed by atoms with Crippen LogP contribution in [0.3, 0.4) is 0 Å². The van der Waals surface area contributed by atoms with E-state index in [4.69, 9.17) is 4.74 Å². The Balaban J connectivity index is 1.37. The molecule has 4 amide bonds. The number of amides is 4. The summed E-state index contributed by atoms with van der Waals surface area (Å²) < 4.78 is 5.83. The van der Waals surface area contributed by atoms with Crippen LogP contribution in [-0.4, -0.2) is 106 Å². The second-order valence-electron chi connectivity index (χ2n) is 14.0. The van der Waals surface area contributed by atoms with Crippen LogP contribution in [0, 0.1) is 11.3 Å². The maximum atomic E-state index is 13.8. The van der Waals surface area contributed by atoms with E-state index in [0.29, 0.717) is 18.7 Å². The SMILES string of the molecule is CC(C)[C@H]1NC(=O)[C@H](C)N(C)C(=O)[C@H]([C@@H](C)O)NC(=O)COc2cccc(c2)CC2(CCN(Cc3ccc(-c4ccn[nH]4)s3)CC2)CNC1=O. The average molecular weight is 708 g/mol. The number of likely N-dealkylation sites (N-methyl/N-ethyl adjacent to an activating group) is 1. The molecule has 4 heterocycles. The van der Waals surface area contributed by atoms with Crippen LogP contribution in [0.5, 0.6) is 5.75 Å². The van der Waals surface area contributed by atoms with Crippen molar-refractivity contribution in [3.8, 4) is 16.3 Å². The van der Waals surface area contributed by atoms with E-state index in [1.165, 1.54) is 18.8 Å². The maximum Gasteiger partial charge on any atom is 0.258 e. The molecule has 2 aliphatic heterocycles. The lowest BCUT2D eigenvalue weighted by molar-refractivity contribution is -0.144. The van der Waals surface area contributed by atoms with Gasteiger partial charge in [0.25, 0.3) is 5.91 Å². The van der Waals surface area contributed by atoms with Crippen molar-refractivity contribution in [2.45, 2.75) is 77.7 Å². The summed E-state index contributed by atoms with van der Waals surface area (Å²) in [5, 5.41) is 26.1. The molecule has 0 radical (unpaired) electrons. The number of thiophene rings is 1. The van der Waals surface area contributed by atoms with Crippen molar-refractivity contribution in [3.63, 3.8) is 0 Å². The van der Waals surface area contributed by atoms with Crippen molar-refractivity contribution >= 4 is 35.0 Å². The summed E-state index contributed by atoms with van der Waals surface area (Å²) in [5.74, 6) is -1.76. The standard InChI is InChI=1S/C36H49N7O6S/c1-22(2)31-34(47)37-21-36(12-15-43(16-13-36)19-27-9-10-29(50-27)28-11-14-38-41-28)18-25-7-6-8-26(17-25)49-20-30(45)39-32(24(4)44)35(48)42(5)23(3)33(46)40-31/h6-11,14,17,22-24,31-32,44H,12-13,15-16,18-21H2,1-5H3,(H,37,47)(H,38,41)(H,39,45)(H,40,46)/t23-,24+,31+,32-/m0/s1. The number of hydrogen-bond donors (Lipinski definition) is 5. The van der Waals surface area contributed by atoms with E-state index >= 15 is 0 Å². The summed E-state index contributed by atoms with van der Waals surface area (Å²) in [7, 11) is 1.43. The fraction of sp³-hybridized carbons (Fsp3) is 0.528. The van der Waals surface area contributed by atoms with Crippen molar-refractivity contribution in [2.24, 2.45) is 11.3 Å². The molecule has 3 aromatic rings. The van der Waals surface area contributed by atoms with Crippen LogP contribution in [0.4, 0.5) is 0 Å². The van der Waals surface area contributed by atoms with E-state index in [2.05, 4.69) is 43.2 Å². The molecule has 2 bridgehead atoms. The number of ether oxygens (including phenoxy) is 1. The van der Waals surface area contributed by atoms with Gasteiger partial charge in [0.05, 0.1) is 16.7 Å². The van der Waals surface area contributed by atoms with Crippen molar-refractivity contribution in [2.75, 3.05) is 33.3 Å². The van der Waals surface area contributed by atoms with Crippen LogP contribution in [0.15, 0.2) is 48.7 Å². The van der Waals surface area contributed by atoms with Gasteiger partial charge in [-0.3, -0.25) is 29.2 Å². The molecule has 0 aliphatic carbocycles. The van der Waals surface area contributed by atoms with Crippen LogP contribution in [0.2, 0.25) is 0 Å². The predicted octanol–water partition coefficient (Wildman–Crippen LogP) is 2.33. The lowest BCUT2D eigenvalue weighted by atomic mass is 9.73. The third-order valence-corrected chi connectivity index (χ3v) is 10.9. The minimum atomic E-state index is -1.30. The lowest BCUT2D eigenvalue weighted by Crippen LogP contribution is -2.59. The van der Waals surface area contributed by atoms with Crippen LogP contribution in [-0.2, 0) is 32.1 Å². The van der Waals surface area contributed by atoms with E-state index in [-0.39, 0.29) is 23.8 Å². The zero-order valence-electron chi connectivity index (χ0n) is 29.4. The van der Waals surface area contributed by atoms with Gasteiger partial charge in [0, 0.05) is 31.2 Å². The normalized spacial score (nSPS) is 23.7. The van der Waals surface area contributed by atoms with E-state index in [0.717, 1.165) is 53.5 Å². The number of fused-ring (bicyclic) bond motifs is 2. The lowest BCUT2D eigenvalue weighted by Gasteiger charge is -2.42. The van der Waals surface area contributed by atoms with Crippen LogP contribution in [0.1, 0.15) is 51.0 Å². The molecule has 1 fully saturated rings. The number of nitrogens with one attached hydrogen (secondary N) is 4. The van der Waals surface area contributed by atoms with Crippen molar-refractivity contribution in [1.82, 2.24) is 35.9 Å². The Hall–Kier alpha value is -4.27. The zero-order chi connectivity index (χ0) is 36.0. The molecule has 4 atom stereocenters. The van der Waals surface area contributed by atoms with E-state index < -0.39 is 42.0 Å². The number of benzene rings is 1. The van der Waals surface area contributed by atoms with Gasteiger partial charge in [0.15, 0.2) is 6.61 Å². The number of aromatic amines is 1. The van der Waals surface area contributed by atoms with Crippen LogP contribution < -0.4 is 20.7 Å². The largest absolute Gasteiger partial charge is 0.484 e. The molecule has 2 aliphatic rings. The summed E-state index contributed by atoms with van der Waals surface area (Å²) in [6.07, 6.45) is 2.86. The Morgan fingerprint density at radius 1 is 1.02 bits per heavy atom. The first-order valence-corrected chi connectivity index (χ1v) is 18.0. The summed E-state index contributed by atoms with van der Waals surface area (Å²) in [6, 6.07) is 10.7. The number of H-pyrrole nitrogens is 1. The number of hydrogen-bond acceptors (Lipinski definition) is 9. The molecule has 2 aromatic heterocycles. The van der Waals surface area contributed by atoms with Gasteiger partial charge in [0.2, 0.25) is 17.7 Å². The zero-order valence-corrected chi connectivity index (χ0v) is 30.2. The Labute approximate surface area is 297 Å². The number of aromatic nitrogens is 2.